The van der Waals surface area contributed by atoms with Crippen molar-refractivity contribution in [3.8, 4) is 0 Å². The minimum Gasteiger partial charge on any atom is -0.454 e. The zero-order chi connectivity index (χ0) is 21.3. The van der Waals surface area contributed by atoms with Crippen LogP contribution in [0.3, 0.4) is 0 Å². The maximum atomic E-state index is 12.2. The molecule has 0 aliphatic rings. The van der Waals surface area contributed by atoms with Gasteiger partial charge in [0.1, 0.15) is 0 Å². The molecule has 2 aromatic carbocycles. The Labute approximate surface area is 174 Å². The number of pyridine rings is 1. The maximum Gasteiger partial charge on any atom is 0.331 e. The summed E-state index contributed by atoms with van der Waals surface area (Å²) >= 11 is 0. The summed E-state index contributed by atoms with van der Waals surface area (Å²) < 4.78 is 5.05. The van der Waals surface area contributed by atoms with Crippen LogP contribution in [0.4, 0.5) is 5.69 Å². The average molecular weight is 402 g/mol. The van der Waals surface area contributed by atoms with Gasteiger partial charge in [0, 0.05) is 40.9 Å². The molecule has 0 saturated carbocycles. The van der Waals surface area contributed by atoms with Crippen LogP contribution in [0, 0.1) is 0 Å². The lowest BCUT2D eigenvalue weighted by Gasteiger charge is -2.06. The number of nitrogens with zero attached hydrogens (tertiary/aromatic N) is 1. The monoisotopic (exact) mass is 402 g/mol. The zero-order valence-electron chi connectivity index (χ0n) is 16.6. The van der Waals surface area contributed by atoms with Crippen LogP contribution < -0.4 is 5.32 Å². The highest BCUT2D eigenvalue weighted by molar-refractivity contribution is 6.00. The normalized spacial score (nSPS) is 10.8. The van der Waals surface area contributed by atoms with Crippen LogP contribution in [-0.4, -0.2) is 29.3 Å². The number of aromatic nitrogens is 1. The first kappa shape index (κ1) is 20.9. The topological polar surface area (TPSA) is 85.4 Å². The van der Waals surface area contributed by atoms with E-state index in [1.165, 1.54) is 6.08 Å². The molecule has 0 fully saturated rings. The van der Waals surface area contributed by atoms with Crippen LogP contribution in [0.2, 0.25) is 0 Å². The van der Waals surface area contributed by atoms with E-state index in [0.29, 0.717) is 17.7 Å². The van der Waals surface area contributed by atoms with Gasteiger partial charge in [-0.3, -0.25) is 14.6 Å². The fourth-order valence-corrected chi connectivity index (χ4v) is 2.88. The Morgan fingerprint density at radius 3 is 2.57 bits per heavy atom. The molecule has 152 valence electrons. The molecule has 1 heterocycles. The average Bonchev–Trinajstić information content (AvgIpc) is 2.76. The molecular weight excluding hydrogens is 380 g/mol. The molecule has 1 aromatic heterocycles. The third kappa shape index (κ3) is 5.61. The number of fused-ring (bicyclic) bond motifs is 1. The van der Waals surface area contributed by atoms with Crippen molar-refractivity contribution in [1.82, 2.24) is 4.98 Å². The summed E-state index contributed by atoms with van der Waals surface area (Å²) in [5.74, 6) is -1.01. The molecule has 30 heavy (non-hydrogen) atoms. The lowest BCUT2D eigenvalue weighted by atomic mass is 10.1. The van der Waals surface area contributed by atoms with Crippen molar-refractivity contribution in [3.63, 3.8) is 0 Å². The van der Waals surface area contributed by atoms with E-state index in [9.17, 15) is 14.4 Å². The number of rotatable bonds is 8. The number of Topliss-reactive ketones (excluding diaryl/α,β-unsaturated/α-hetero) is 1. The van der Waals surface area contributed by atoms with E-state index in [4.69, 9.17) is 4.74 Å². The number of carbonyl (C=O) groups is 3. The summed E-state index contributed by atoms with van der Waals surface area (Å²) in [6.45, 7) is 1.56. The largest absolute Gasteiger partial charge is 0.454 e. The second kappa shape index (κ2) is 10.1. The highest BCUT2D eigenvalue weighted by Crippen LogP contribution is 2.17. The van der Waals surface area contributed by atoms with Gasteiger partial charge in [0.05, 0.1) is 5.52 Å². The van der Waals surface area contributed by atoms with Gasteiger partial charge in [0.25, 0.3) is 0 Å². The van der Waals surface area contributed by atoms with Crippen LogP contribution in [0.15, 0.2) is 66.9 Å². The lowest BCUT2D eigenvalue weighted by Crippen LogP contribution is -2.13. The Bertz CT molecular complexity index is 1080. The molecule has 0 bridgehead atoms. The quantitative estimate of drug-likeness (QED) is 0.343. The van der Waals surface area contributed by atoms with Gasteiger partial charge in [0.15, 0.2) is 12.4 Å². The molecule has 0 unspecified atom stereocenters. The van der Waals surface area contributed by atoms with Crippen LogP contribution in [-0.2, 0) is 14.3 Å². The van der Waals surface area contributed by atoms with Gasteiger partial charge < -0.3 is 10.1 Å². The van der Waals surface area contributed by atoms with Gasteiger partial charge in [0.2, 0.25) is 5.91 Å². The fraction of sp³-hybridized carbons (Fsp3) is 0.167. The van der Waals surface area contributed by atoms with Crippen molar-refractivity contribution < 1.29 is 19.1 Å². The molecular formula is C24H22N2O4. The number of amides is 1. The smallest absolute Gasteiger partial charge is 0.331 e. The summed E-state index contributed by atoms with van der Waals surface area (Å²) in [7, 11) is 0. The van der Waals surface area contributed by atoms with E-state index in [-0.39, 0.29) is 18.3 Å². The molecule has 1 amide bonds. The number of para-hydroxylation sites is 1. The third-order valence-corrected chi connectivity index (χ3v) is 4.38. The minimum absolute atomic E-state index is 0.0707. The van der Waals surface area contributed by atoms with E-state index in [1.807, 2.05) is 37.3 Å². The van der Waals surface area contributed by atoms with Gasteiger partial charge in [-0.2, -0.15) is 0 Å². The van der Waals surface area contributed by atoms with Gasteiger partial charge in [-0.05, 0) is 42.8 Å². The number of anilines is 1. The number of benzene rings is 2. The summed E-state index contributed by atoms with van der Waals surface area (Å²) in [5.41, 5.74) is 2.59. The van der Waals surface area contributed by atoms with Crippen LogP contribution >= 0.6 is 0 Å². The second-order valence-electron chi connectivity index (χ2n) is 6.66. The first-order valence-electron chi connectivity index (χ1n) is 9.68. The number of hydrogen-bond acceptors (Lipinski definition) is 5. The highest BCUT2D eigenvalue weighted by atomic mass is 16.5. The Morgan fingerprint density at radius 1 is 1.03 bits per heavy atom. The SMILES string of the molecule is CCCC(=O)Nc1ccc(C(=O)COC(=O)/C=C/c2cccc3cccnc23)cc1. The van der Waals surface area contributed by atoms with Gasteiger partial charge >= 0.3 is 5.97 Å². The first-order chi connectivity index (χ1) is 14.6. The van der Waals surface area contributed by atoms with E-state index in [2.05, 4.69) is 10.3 Å². The molecule has 0 spiro atoms. The van der Waals surface area contributed by atoms with Gasteiger partial charge in [-0.15, -0.1) is 0 Å². The Kier molecular flexibility index (Phi) is 7.05. The summed E-state index contributed by atoms with van der Waals surface area (Å²) in [5, 5.41) is 3.72. The standard InChI is InChI=1S/C24H22N2O4/c1-2-5-22(28)26-20-12-9-17(10-13-20)21(27)16-30-23(29)14-11-19-7-3-6-18-8-4-15-25-24(18)19/h3-4,6-15H,2,5,16H2,1H3,(H,26,28)/b14-11+. The Balaban J connectivity index is 1.54. The highest BCUT2D eigenvalue weighted by Gasteiger charge is 2.09. The molecule has 0 atom stereocenters. The Morgan fingerprint density at radius 2 is 1.80 bits per heavy atom. The predicted molar refractivity (Wildman–Crippen MR) is 116 cm³/mol. The molecule has 0 aliphatic carbocycles. The van der Waals surface area contributed by atoms with Crippen molar-refractivity contribution in [3.05, 3.63) is 78.0 Å². The van der Waals surface area contributed by atoms with Crippen molar-refractivity contribution in [2.24, 2.45) is 0 Å². The fourth-order valence-electron chi connectivity index (χ4n) is 2.88. The van der Waals surface area contributed by atoms with E-state index in [0.717, 1.165) is 22.9 Å². The minimum atomic E-state index is -0.611. The second-order valence-corrected chi connectivity index (χ2v) is 6.66. The van der Waals surface area contributed by atoms with Crippen molar-refractivity contribution in [2.45, 2.75) is 19.8 Å². The molecule has 0 saturated heterocycles. The van der Waals surface area contributed by atoms with Gasteiger partial charge in [-0.25, -0.2) is 4.79 Å². The maximum absolute atomic E-state index is 12.2. The van der Waals surface area contributed by atoms with Crippen molar-refractivity contribution >= 4 is 40.3 Å². The number of esters is 1. The molecule has 6 heteroatoms. The Hall–Kier alpha value is -3.80. The third-order valence-electron chi connectivity index (χ3n) is 4.38. The molecule has 3 rings (SSSR count). The number of hydrogen-bond donors (Lipinski definition) is 1. The molecule has 1 N–H and O–H groups in total. The zero-order valence-corrected chi connectivity index (χ0v) is 16.6. The van der Waals surface area contributed by atoms with Crippen molar-refractivity contribution in [2.75, 3.05) is 11.9 Å². The van der Waals surface area contributed by atoms with Gasteiger partial charge in [-0.1, -0.05) is 31.2 Å². The summed E-state index contributed by atoms with van der Waals surface area (Å²) in [6, 6.07) is 15.9. The summed E-state index contributed by atoms with van der Waals surface area (Å²) in [4.78, 5) is 40.2. The molecule has 6 nitrogen and oxygen atoms in total. The van der Waals surface area contributed by atoms with Crippen LogP contribution in [0.25, 0.3) is 17.0 Å². The number of ketones is 1. The van der Waals surface area contributed by atoms with E-state index in [1.54, 1.807) is 36.5 Å². The predicted octanol–water partition coefficient (Wildman–Crippen LogP) is 4.41. The number of carbonyl (C=O) groups excluding carboxylic acids is 3. The number of ether oxygens (including phenoxy) is 1. The lowest BCUT2D eigenvalue weighted by molar-refractivity contribution is -0.136. The van der Waals surface area contributed by atoms with Crippen molar-refractivity contribution in [1.29, 1.82) is 0 Å². The van der Waals surface area contributed by atoms with Crippen LogP contribution in [0.5, 0.6) is 0 Å². The molecule has 3 aromatic rings. The molecule has 0 aliphatic heterocycles. The van der Waals surface area contributed by atoms with Crippen LogP contribution in [0.1, 0.15) is 35.7 Å². The number of nitrogens with one attached hydrogen (secondary N) is 1. The van der Waals surface area contributed by atoms with E-state index >= 15 is 0 Å². The summed E-state index contributed by atoms with van der Waals surface area (Å²) in [6.07, 6.45) is 5.80. The molecule has 0 radical (unpaired) electrons. The van der Waals surface area contributed by atoms with E-state index < -0.39 is 5.97 Å². The first-order valence-corrected chi connectivity index (χ1v) is 9.68.